The second-order valence-electron chi connectivity index (χ2n) is 12.3. The molecule has 0 aromatic heterocycles. The Morgan fingerprint density at radius 1 is 0.826 bits per heavy atom. The first-order valence-electron chi connectivity index (χ1n) is 16.0. The third kappa shape index (κ3) is 7.54. The molecule has 6 nitrogen and oxygen atoms in total. The van der Waals surface area contributed by atoms with E-state index in [-0.39, 0.29) is 30.8 Å². The maximum absolute atomic E-state index is 11.4. The second kappa shape index (κ2) is 14.4. The number of aliphatic hydroxyl groups excluding tert-OH is 1. The lowest BCUT2D eigenvalue weighted by Crippen LogP contribution is -2.38. The standard InChI is InChI=1S/C40H42N2O4/c1-27(33-19-18-31-9-4-5-10-35(31)21-33)42(3)25-38-23-39(32-16-14-29(26-43)15-17-32)46-40(45-38)37-13-7-12-36(22-37)34-11-6-8-30(20-34)24-41-28(2)44/h4-22,27,38-40,43H,23-26H2,1-3H3,(H,41,44). The van der Waals surface area contributed by atoms with Crippen LogP contribution in [0.4, 0.5) is 0 Å². The molecule has 0 bridgehead atoms. The number of carbonyl (C=O) groups is 1. The van der Waals surface area contributed by atoms with Gasteiger partial charge in [-0.3, -0.25) is 9.69 Å². The smallest absolute Gasteiger partial charge is 0.217 e. The summed E-state index contributed by atoms with van der Waals surface area (Å²) in [6.07, 6.45) is -0.0632. The molecule has 1 saturated heterocycles. The fourth-order valence-corrected chi connectivity index (χ4v) is 6.19. The highest BCUT2D eigenvalue weighted by Crippen LogP contribution is 2.39. The van der Waals surface area contributed by atoms with E-state index >= 15 is 0 Å². The van der Waals surface area contributed by atoms with Crippen LogP contribution >= 0.6 is 0 Å². The van der Waals surface area contributed by atoms with Gasteiger partial charge in [0.15, 0.2) is 6.29 Å². The van der Waals surface area contributed by atoms with Crippen molar-refractivity contribution < 1.29 is 19.4 Å². The van der Waals surface area contributed by atoms with E-state index in [2.05, 4.69) is 97.0 Å². The Kier molecular flexibility index (Phi) is 9.91. The Hall–Kier alpha value is -4.33. The van der Waals surface area contributed by atoms with Crippen molar-refractivity contribution >= 4 is 16.7 Å². The molecule has 4 atom stereocenters. The summed E-state index contributed by atoms with van der Waals surface area (Å²) in [6.45, 7) is 5.01. The zero-order valence-electron chi connectivity index (χ0n) is 26.7. The number of benzene rings is 5. The van der Waals surface area contributed by atoms with Gasteiger partial charge in [0.2, 0.25) is 5.91 Å². The van der Waals surface area contributed by atoms with Gasteiger partial charge in [-0.2, -0.15) is 0 Å². The predicted molar refractivity (Wildman–Crippen MR) is 183 cm³/mol. The van der Waals surface area contributed by atoms with Crippen molar-refractivity contribution in [1.82, 2.24) is 10.2 Å². The van der Waals surface area contributed by atoms with Gasteiger partial charge in [0.25, 0.3) is 0 Å². The van der Waals surface area contributed by atoms with E-state index in [1.807, 2.05) is 42.5 Å². The number of carbonyl (C=O) groups excluding carboxylic acids is 1. The van der Waals surface area contributed by atoms with E-state index in [0.29, 0.717) is 13.0 Å². The van der Waals surface area contributed by atoms with Crippen molar-refractivity contribution in [2.24, 2.45) is 0 Å². The molecule has 4 unspecified atom stereocenters. The number of nitrogens with zero attached hydrogens (tertiary/aromatic N) is 1. The van der Waals surface area contributed by atoms with Crippen LogP contribution in [0.3, 0.4) is 0 Å². The number of nitrogens with one attached hydrogen (secondary N) is 1. The van der Waals surface area contributed by atoms with Gasteiger partial charge >= 0.3 is 0 Å². The number of hydrogen-bond donors (Lipinski definition) is 2. The molecule has 0 saturated carbocycles. The highest BCUT2D eigenvalue weighted by Gasteiger charge is 2.33. The van der Waals surface area contributed by atoms with Crippen LogP contribution in [0.1, 0.15) is 66.5 Å². The molecule has 1 fully saturated rings. The van der Waals surface area contributed by atoms with Gasteiger partial charge in [0.1, 0.15) is 0 Å². The molecule has 5 aromatic carbocycles. The minimum Gasteiger partial charge on any atom is -0.392 e. The van der Waals surface area contributed by atoms with E-state index in [4.69, 9.17) is 9.47 Å². The molecule has 0 aliphatic carbocycles. The van der Waals surface area contributed by atoms with Crippen molar-refractivity contribution in [2.75, 3.05) is 13.6 Å². The van der Waals surface area contributed by atoms with Gasteiger partial charge in [-0.25, -0.2) is 0 Å². The van der Waals surface area contributed by atoms with Gasteiger partial charge in [-0.05, 0) is 76.3 Å². The zero-order valence-corrected chi connectivity index (χ0v) is 26.7. The zero-order chi connectivity index (χ0) is 32.0. The fraction of sp³-hybridized carbons (Fsp3) is 0.275. The van der Waals surface area contributed by atoms with Gasteiger partial charge in [0.05, 0.1) is 18.8 Å². The maximum atomic E-state index is 11.4. The maximum Gasteiger partial charge on any atom is 0.217 e. The Morgan fingerprint density at radius 2 is 1.57 bits per heavy atom. The van der Waals surface area contributed by atoms with Crippen LogP contribution in [0.5, 0.6) is 0 Å². The average Bonchev–Trinajstić information content (AvgIpc) is 3.10. The van der Waals surface area contributed by atoms with Gasteiger partial charge in [0, 0.05) is 38.0 Å². The summed E-state index contributed by atoms with van der Waals surface area (Å²) >= 11 is 0. The quantitative estimate of drug-likeness (QED) is 0.168. The van der Waals surface area contributed by atoms with Crippen LogP contribution in [0, 0.1) is 0 Å². The normalized spacial score (nSPS) is 18.8. The van der Waals surface area contributed by atoms with E-state index < -0.39 is 6.29 Å². The second-order valence-corrected chi connectivity index (χ2v) is 12.3. The molecule has 46 heavy (non-hydrogen) atoms. The Labute approximate surface area is 271 Å². The molecule has 1 aliphatic heterocycles. The highest BCUT2D eigenvalue weighted by atomic mass is 16.7. The lowest BCUT2D eigenvalue weighted by Gasteiger charge is -2.39. The molecule has 6 rings (SSSR count). The molecule has 1 heterocycles. The summed E-state index contributed by atoms with van der Waals surface area (Å²) < 4.78 is 13.4. The first-order chi connectivity index (χ1) is 22.4. The van der Waals surface area contributed by atoms with Gasteiger partial charge in [-0.15, -0.1) is 0 Å². The van der Waals surface area contributed by atoms with Crippen molar-refractivity contribution in [3.63, 3.8) is 0 Å². The molecule has 5 aromatic rings. The molecule has 2 N–H and O–H groups in total. The first-order valence-corrected chi connectivity index (χ1v) is 16.0. The summed E-state index contributed by atoms with van der Waals surface area (Å²) in [5.74, 6) is -0.0496. The number of aliphatic hydroxyl groups is 1. The molecule has 6 heteroatoms. The summed E-state index contributed by atoms with van der Waals surface area (Å²) in [6, 6.07) is 39.9. The highest BCUT2D eigenvalue weighted by molar-refractivity contribution is 5.83. The first kappa shape index (κ1) is 31.6. The molecular weight excluding hydrogens is 572 g/mol. The molecular formula is C40H42N2O4. The van der Waals surface area contributed by atoms with Crippen molar-refractivity contribution in [1.29, 1.82) is 0 Å². The Bertz CT molecular complexity index is 1790. The van der Waals surface area contributed by atoms with Crippen LogP contribution in [-0.4, -0.2) is 35.6 Å². The van der Waals surface area contributed by atoms with Crippen LogP contribution in [-0.2, 0) is 27.4 Å². The number of fused-ring (bicyclic) bond motifs is 1. The third-order valence-corrected chi connectivity index (χ3v) is 8.98. The van der Waals surface area contributed by atoms with E-state index in [1.165, 1.54) is 23.3 Å². The number of ether oxygens (including phenoxy) is 2. The molecule has 1 amide bonds. The van der Waals surface area contributed by atoms with E-state index in [0.717, 1.165) is 39.9 Å². The number of hydrogen-bond acceptors (Lipinski definition) is 5. The molecule has 236 valence electrons. The van der Waals surface area contributed by atoms with Gasteiger partial charge in [-0.1, -0.05) is 97.1 Å². The average molecular weight is 615 g/mol. The van der Waals surface area contributed by atoms with E-state index in [9.17, 15) is 9.90 Å². The van der Waals surface area contributed by atoms with Crippen LogP contribution < -0.4 is 5.32 Å². The lowest BCUT2D eigenvalue weighted by atomic mass is 9.97. The summed E-state index contributed by atoms with van der Waals surface area (Å²) in [7, 11) is 2.16. The van der Waals surface area contributed by atoms with Crippen LogP contribution in [0.25, 0.3) is 21.9 Å². The fourth-order valence-electron chi connectivity index (χ4n) is 6.19. The minimum atomic E-state index is -0.548. The SMILES string of the molecule is CC(=O)NCc1cccc(-c2cccc(C3OC(CN(C)C(C)c4ccc5ccccc5c4)CC(c4ccc(CO)cc4)O3)c2)c1. The van der Waals surface area contributed by atoms with Crippen LogP contribution in [0.15, 0.2) is 115 Å². The van der Waals surface area contributed by atoms with Gasteiger partial charge < -0.3 is 19.9 Å². The van der Waals surface area contributed by atoms with Crippen LogP contribution in [0.2, 0.25) is 0 Å². The summed E-state index contributed by atoms with van der Waals surface area (Å²) in [5.41, 5.74) is 7.34. The third-order valence-electron chi connectivity index (χ3n) is 8.98. The minimum absolute atomic E-state index is 0.0103. The monoisotopic (exact) mass is 614 g/mol. The predicted octanol–water partition coefficient (Wildman–Crippen LogP) is 7.87. The largest absolute Gasteiger partial charge is 0.392 e. The number of rotatable bonds is 10. The number of amides is 1. The molecule has 0 radical (unpaired) electrons. The lowest BCUT2D eigenvalue weighted by molar-refractivity contribution is -0.253. The van der Waals surface area contributed by atoms with Crippen molar-refractivity contribution in [3.05, 3.63) is 143 Å². The summed E-state index contributed by atoms with van der Waals surface area (Å²) in [4.78, 5) is 13.8. The summed E-state index contributed by atoms with van der Waals surface area (Å²) in [5, 5.41) is 15.0. The Balaban J connectivity index is 1.24. The van der Waals surface area contributed by atoms with Crippen molar-refractivity contribution in [3.8, 4) is 11.1 Å². The van der Waals surface area contributed by atoms with Crippen molar-refractivity contribution in [2.45, 2.75) is 58.0 Å². The topological polar surface area (TPSA) is 71.0 Å². The number of likely N-dealkylation sites (N-methyl/N-ethyl adjacent to an activating group) is 1. The molecule has 1 aliphatic rings. The Morgan fingerprint density at radius 3 is 2.33 bits per heavy atom. The molecule has 0 spiro atoms. The van der Waals surface area contributed by atoms with E-state index in [1.54, 1.807) is 0 Å².